The molecule has 10 heteroatoms. The van der Waals surface area contributed by atoms with Gasteiger partial charge >= 0.3 is 5.97 Å². The third-order valence-corrected chi connectivity index (χ3v) is 8.42. The Morgan fingerprint density at radius 2 is 2.00 bits per heavy atom. The number of esters is 1. The van der Waals surface area contributed by atoms with E-state index >= 15 is 0 Å². The summed E-state index contributed by atoms with van der Waals surface area (Å²) in [7, 11) is -6.64. The molecule has 27 heavy (non-hydrogen) atoms. The first kappa shape index (κ1) is 20.2. The van der Waals surface area contributed by atoms with Gasteiger partial charge in [-0.15, -0.1) is 0 Å². The molecule has 8 nitrogen and oxygen atoms in total. The highest BCUT2D eigenvalue weighted by atomic mass is 32.2. The molecule has 0 bridgehead atoms. The van der Waals surface area contributed by atoms with Crippen molar-refractivity contribution in [3.05, 3.63) is 29.8 Å². The van der Waals surface area contributed by atoms with Gasteiger partial charge in [0.1, 0.15) is 6.61 Å². The third kappa shape index (κ3) is 5.28. The lowest BCUT2D eigenvalue weighted by atomic mass is 10.1. The second-order valence-corrected chi connectivity index (χ2v) is 11.0. The monoisotopic (exact) mass is 417 g/mol. The van der Waals surface area contributed by atoms with Gasteiger partial charge in [-0.1, -0.05) is 12.1 Å². The molecule has 0 amide bonds. The lowest BCUT2D eigenvalue weighted by molar-refractivity contribution is -0.145. The Labute approximate surface area is 159 Å². The van der Waals surface area contributed by atoms with Crippen LogP contribution in [0.3, 0.4) is 0 Å². The smallest absolute Gasteiger partial charge is 0.306 e. The maximum atomic E-state index is 12.7. The van der Waals surface area contributed by atoms with E-state index in [1.165, 1.54) is 16.4 Å². The summed E-state index contributed by atoms with van der Waals surface area (Å²) in [5, 5.41) is 0. The summed E-state index contributed by atoms with van der Waals surface area (Å²) in [6.07, 6.45) is 0.537. The molecule has 0 saturated carbocycles. The maximum absolute atomic E-state index is 12.7. The molecule has 1 atom stereocenters. The number of carbonyl (C=O) groups excluding carboxylic acids is 1. The molecule has 1 aromatic rings. The standard InChI is InChI=1S/C17H23NO7S2/c19-17(11-15-4-9-26(20,21)13-15)25-12-14-2-1-3-16(10-14)27(22,23)18-5-7-24-8-6-18/h1-3,10,15H,4-9,11-13H2. The van der Waals surface area contributed by atoms with Crippen LogP contribution in [0.15, 0.2) is 29.2 Å². The van der Waals surface area contributed by atoms with Gasteiger partial charge in [-0.25, -0.2) is 16.8 Å². The van der Waals surface area contributed by atoms with Crippen molar-refractivity contribution in [3.63, 3.8) is 0 Å². The zero-order chi connectivity index (χ0) is 19.5. The summed E-state index contributed by atoms with van der Waals surface area (Å²) in [4.78, 5) is 12.1. The van der Waals surface area contributed by atoms with E-state index in [1.54, 1.807) is 12.1 Å². The average molecular weight is 418 g/mol. The zero-order valence-electron chi connectivity index (χ0n) is 14.9. The number of hydrogen-bond acceptors (Lipinski definition) is 7. The van der Waals surface area contributed by atoms with Gasteiger partial charge in [0.15, 0.2) is 9.84 Å². The van der Waals surface area contributed by atoms with E-state index in [9.17, 15) is 21.6 Å². The fraction of sp³-hybridized carbons (Fsp3) is 0.588. The number of morpholine rings is 1. The van der Waals surface area contributed by atoms with E-state index in [-0.39, 0.29) is 35.3 Å². The molecular weight excluding hydrogens is 394 g/mol. The van der Waals surface area contributed by atoms with E-state index in [0.717, 1.165) is 0 Å². The van der Waals surface area contributed by atoms with E-state index in [4.69, 9.17) is 9.47 Å². The van der Waals surface area contributed by atoms with Crippen molar-refractivity contribution in [2.24, 2.45) is 5.92 Å². The number of carbonyl (C=O) groups is 1. The van der Waals surface area contributed by atoms with Crippen molar-refractivity contribution < 1.29 is 31.1 Å². The number of rotatable bonds is 6. The topological polar surface area (TPSA) is 107 Å². The molecule has 2 heterocycles. The van der Waals surface area contributed by atoms with Gasteiger partial charge in [-0.2, -0.15) is 4.31 Å². The molecule has 2 fully saturated rings. The van der Waals surface area contributed by atoms with Crippen molar-refractivity contribution in [1.82, 2.24) is 4.31 Å². The zero-order valence-corrected chi connectivity index (χ0v) is 16.5. The van der Waals surface area contributed by atoms with Crippen LogP contribution >= 0.6 is 0 Å². The summed E-state index contributed by atoms with van der Waals surface area (Å²) in [5.74, 6) is -0.532. The lowest BCUT2D eigenvalue weighted by Gasteiger charge is -2.26. The highest BCUT2D eigenvalue weighted by molar-refractivity contribution is 7.91. The molecule has 0 radical (unpaired) electrons. The summed E-state index contributed by atoms with van der Waals surface area (Å²) >= 11 is 0. The number of nitrogens with zero attached hydrogens (tertiary/aromatic N) is 1. The molecule has 150 valence electrons. The number of benzene rings is 1. The summed E-state index contributed by atoms with van der Waals surface area (Å²) < 4.78 is 60.0. The highest BCUT2D eigenvalue weighted by Gasteiger charge is 2.30. The van der Waals surface area contributed by atoms with Crippen molar-refractivity contribution in [2.45, 2.75) is 24.3 Å². The highest BCUT2D eigenvalue weighted by Crippen LogP contribution is 2.23. The van der Waals surface area contributed by atoms with Crippen LogP contribution in [0.1, 0.15) is 18.4 Å². The quantitative estimate of drug-likeness (QED) is 0.623. The van der Waals surface area contributed by atoms with E-state index in [0.29, 0.717) is 38.3 Å². The molecule has 1 unspecified atom stereocenters. The van der Waals surface area contributed by atoms with Crippen molar-refractivity contribution >= 4 is 25.8 Å². The van der Waals surface area contributed by atoms with Gasteiger partial charge in [0.05, 0.1) is 29.6 Å². The lowest BCUT2D eigenvalue weighted by Crippen LogP contribution is -2.40. The van der Waals surface area contributed by atoms with Gasteiger partial charge in [-0.3, -0.25) is 4.79 Å². The number of sulfone groups is 1. The molecule has 2 saturated heterocycles. The van der Waals surface area contributed by atoms with Crippen LogP contribution in [0.25, 0.3) is 0 Å². The molecule has 0 aliphatic carbocycles. The summed E-state index contributed by atoms with van der Waals surface area (Å²) in [6, 6.07) is 6.31. The van der Waals surface area contributed by atoms with Crippen LogP contribution in [-0.2, 0) is 40.7 Å². The van der Waals surface area contributed by atoms with Gasteiger partial charge < -0.3 is 9.47 Å². The van der Waals surface area contributed by atoms with Crippen LogP contribution in [0.4, 0.5) is 0 Å². The van der Waals surface area contributed by atoms with Crippen molar-refractivity contribution in [1.29, 1.82) is 0 Å². The normalized spacial score (nSPS) is 23.2. The van der Waals surface area contributed by atoms with Crippen LogP contribution in [0.2, 0.25) is 0 Å². The van der Waals surface area contributed by atoms with Gasteiger partial charge in [0, 0.05) is 19.5 Å². The summed E-state index contributed by atoms with van der Waals surface area (Å²) in [6.45, 7) is 1.31. The van der Waals surface area contributed by atoms with Crippen LogP contribution in [0, 0.1) is 5.92 Å². The van der Waals surface area contributed by atoms with Gasteiger partial charge in [-0.05, 0) is 30.0 Å². The largest absolute Gasteiger partial charge is 0.461 e. The fourth-order valence-electron chi connectivity index (χ4n) is 3.22. The predicted octanol–water partition coefficient (Wildman–Crippen LogP) is 0.576. The molecule has 2 aliphatic rings. The fourth-order valence-corrected chi connectivity index (χ4v) is 6.56. The average Bonchev–Trinajstić information content (AvgIpc) is 2.99. The first-order valence-corrected chi connectivity index (χ1v) is 12.1. The Bertz CT molecular complexity index is 890. The molecule has 3 rings (SSSR count). The van der Waals surface area contributed by atoms with Crippen molar-refractivity contribution in [3.8, 4) is 0 Å². The van der Waals surface area contributed by atoms with E-state index in [1.807, 2.05) is 0 Å². The second kappa shape index (κ2) is 8.26. The third-order valence-electron chi connectivity index (χ3n) is 4.69. The summed E-state index contributed by atoms with van der Waals surface area (Å²) in [5.41, 5.74) is 0.566. The van der Waals surface area contributed by atoms with Crippen LogP contribution in [-0.4, -0.2) is 64.9 Å². The van der Waals surface area contributed by atoms with E-state index in [2.05, 4.69) is 0 Å². The number of ether oxygens (including phenoxy) is 2. The Kier molecular flexibility index (Phi) is 6.19. The first-order chi connectivity index (χ1) is 12.8. The number of hydrogen-bond donors (Lipinski definition) is 0. The molecule has 0 spiro atoms. The Morgan fingerprint density at radius 3 is 2.67 bits per heavy atom. The molecule has 2 aliphatic heterocycles. The Balaban J connectivity index is 1.58. The van der Waals surface area contributed by atoms with Crippen molar-refractivity contribution in [2.75, 3.05) is 37.8 Å². The van der Waals surface area contributed by atoms with Gasteiger partial charge in [0.25, 0.3) is 0 Å². The van der Waals surface area contributed by atoms with Crippen LogP contribution in [0.5, 0.6) is 0 Å². The minimum absolute atomic E-state index is 0.0232. The maximum Gasteiger partial charge on any atom is 0.306 e. The minimum Gasteiger partial charge on any atom is -0.461 e. The van der Waals surface area contributed by atoms with Crippen LogP contribution < -0.4 is 0 Å². The molecular formula is C17H23NO7S2. The van der Waals surface area contributed by atoms with E-state index < -0.39 is 25.8 Å². The Hall–Kier alpha value is -1.49. The predicted molar refractivity (Wildman–Crippen MR) is 97.2 cm³/mol. The SMILES string of the molecule is O=C(CC1CCS(=O)(=O)C1)OCc1cccc(S(=O)(=O)N2CCOCC2)c1. The molecule has 1 aromatic carbocycles. The second-order valence-electron chi connectivity index (χ2n) is 6.80. The molecule has 0 N–H and O–H groups in total. The Morgan fingerprint density at radius 1 is 1.26 bits per heavy atom. The molecule has 0 aromatic heterocycles. The number of sulfonamides is 1. The first-order valence-electron chi connectivity index (χ1n) is 8.79. The van der Waals surface area contributed by atoms with Gasteiger partial charge in [0.2, 0.25) is 10.0 Å². The minimum atomic E-state index is -3.61.